The van der Waals surface area contributed by atoms with Crippen LogP contribution >= 0.6 is 0 Å². The Kier molecular flexibility index (Phi) is 6.49. The maximum atomic E-state index is 13.0. The van der Waals surface area contributed by atoms with Crippen molar-refractivity contribution in [3.05, 3.63) is 65.9 Å². The number of para-hydroxylation sites is 1. The summed E-state index contributed by atoms with van der Waals surface area (Å²) in [4.78, 5) is 26.9. The first-order valence-corrected chi connectivity index (χ1v) is 10.4. The number of benzene rings is 1. The quantitative estimate of drug-likeness (QED) is 0.485. The number of ether oxygens (including phenoxy) is 1. The smallest absolute Gasteiger partial charge is 0.291 e. The van der Waals surface area contributed by atoms with Crippen LogP contribution < -0.4 is 15.5 Å². The maximum Gasteiger partial charge on any atom is 0.291 e. The fourth-order valence-electron chi connectivity index (χ4n) is 3.75. The first kappa shape index (κ1) is 20.9. The third-order valence-corrected chi connectivity index (χ3v) is 5.43. The van der Waals surface area contributed by atoms with Gasteiger partial charge < -0.3 is 29.3 Å². The number of nitrogens with zero attached hydrogens (tertiary/aromatic N) is 1. The summed E-state index contributed by atoms with van der Waals surface area (Å²) in [6.45, 7) is 4.68. The Morgan fingerprint density at radius 2 is 1.97 bits per heavy atom. The highest BCUT2D eigenvalue weighted by Gasteiger charge is 2.19. The number of rotatable bonds is 7. The third-order valence-electron chi connectivity index (χ3n) is 5.43. The van der Waals surface area contributed by atoms with E-state index in [0.29, 0.717) is 6.54 Å². The summed E-state index contributed by atoms with van der Waals surface area (Å²) in [5, 5.41) is 6.65. The Balaban J connectivity index is 1.53. The van der Waals surface area contributed by atoms with E-state index >= 15 is 0 Å². The Morgan fingerprint density at radius 3 is 2.74 bits per heavy atom. The molecule has 8 heteroatoms. The van der Waals surface area contributed by atoms with Crippen molar-refractivity contribution in [2.24, 2.45) is 7.05 Å². The van der Waals surface area contributed by atoms with E-state index in [0.717, 1.165) is 49.3 Å². The highest BCUT2D eigenvalue weighted by molar-refractivity contribution is 6.05. The molecule has 0 saturated carbocycles. The maximum absolute atomic E-state index is 13.0. The van der Waals surface area contributed by atoms with Gasteiger partial charge >= 0.3 is 0 Å². The highest BCUT2D eigenvalue weighted by Crippen LogP contribution is 2.22. The van der Waals surface area contributed by atoms with Gasteiger partial charge in [0.1, 0.15) is 18.8 Å². The molecule has 0 aliphatic carbocycles. The van der Waals surface area contributed by atoms with Gasteiger partial charge in [-0.15, -0.1) is 0 Å². The number of nitrogens with one attached hydrogen (secondary N) is 3. The van der Waals surface area contributed by atoms with Crippen LogP contribution in [-0.2, 0) is 16.6 Å². The van der Waals surface area contributed by atoms with Crippen molar-refractivity contribution < 1.29 is 23.6 Å². The minimum Gasteiger partial charge on any atom is -0.459 e. The Labute approximate surface area is 180 Å². The molecule has 1 aliphatic heterocycles. The molecule has 3 N–H and O–H groups in total. The van der Waals surface area contributed by atoms with Crippen LogP contribution in [0.4, 0.5) is 0 Å². The first-order valence-electron chi connectivity index (χ1n) is 10.4. The topological polar surface area (TPSA) is 89.9 Å². The second-order valence-electron chi connectivity index (χ2n) is 7.57. The Bertz CT molecular complexity index is 1080. The van der Waals surface area contributed by atoms with Crippen LogP contribution in [0.25, 0.3) is 17.0 Å². The zero-order valence-corrected chi connectivity index (χ0v) is 17.5. The van der Waals surface area contributed by atoms with E-state index in [-0.39, 0.29) is 17.4 Å². The van der Waals surface area contributed by atoms with Gasteiger partial charge in [0.2, 0.25) is 0 Å². The molecular formula is C23H27N4O4+. The van der Waals surface area contributed by atoms with Crippen LogP contribution in [0.2, 0.25) is 0 Å². The van der Waals surface area contributed by atoms with E-state index in [2.05, 4.69) is 10.6 Å². The molecule has 0 radical (unpaired) electrons. The number of fused-ring (bicyclic) bond motifs is 1. The zero-order valence-electron chi connectivity index (χ0n) is 17.5. The lowest BCUT2D eigenvalue weighted by Crippen LogP contribution is -3.14. The molecule has 0 spiro atoms. The number of morpholine rings is 1. The predicted molar refractivity (Wildman–Crippen MR) is 116 cm³/mol. The average Bonchev–Trinajstić information content (AvgIpc) is 3.43. The van der Waals surface area contributed by atoms with Crippen LogP contribution in [0.5, 0.6) is 0 Å². The van der Waals surface area contributed by atoms with E-state index in [1.54, 1.807) is 18.2 Å². The van der Waals surface area contributed by atoms with E-state index in [4.69, 9.17) is 9.15 Å². The van der Waals surface area contributed by atoms with Gasteiger partial charge in [0.25, 0.3) is 11.8 Å². The van der Waals surface area contributed by atoms with Crippen LogP contribution in [0.3, 0.4) is 0 Å². The van der Waals surface area contributed by atoms with Crippen molar-refractivity contribution in [2.45, 2.75) is 0 Å². The molecule has 0 bridgehead atoms. The van der Waals surface area contributed by atoms with Crippen LogP contribution in [0.15, 0.2) is 59.0 Å². The SMILES string of the molecule is Cn1cc(/C=C(\NC(=O)c2ccco2)C(=O)NCC[NH+]2CCOCC2)c2ccccc21. The number of aromatic nitrogens is 1. The summed E-state index contributed by atoms with van der Waals surface area (Å²) in [6, 6.07) is 11.1. The van der Waals surface area contributed by atoms with Crippen LogP contribution in [0, 0.1) is 0 Å². The summed E-state index contributed by atoms with van der Waals surface area (Å²) in [7, 11) is 1.95. The number of quaternary nitrogens is 1. The summed E-state index contributed by atoms with van der Waals surface area (Å²) in [5.74, 6) is -0.652. The molecule has 4 rings (SSSR count). The van der Waals surface area contributed by atoms with Gasteiger partial charge in [-0.05, 0) is 24.3 Å². The Morgan fingerprint density at radius 1 is 1.16 bits per heavy atom. The number of carbonyl (C=O) groups excluding carboxylic acids is 2. The number of furan rings is 1. The number of aryl methyl sites for hydroxylation is 1. The minimum atomic E-state index is -0.467. The largest absolute Gasteiger partial charge is 0.459 e. The second-order valence-corrected chi connectivity index (χ2v) is 7.57. The molecule has 2 amide bonds. The summed E-state index contributed by atoms with van der Waals surface area (Å²) in [6.07, 6.45) is 5.07. The van der Waals surface area contributed by atoms with Gasteiger partial charge in [-0.2, -0.15) is 0 Å². The number of hydrogen-bond acceptors (Lipinski definition) is 4. The zero-order chi connectivity index (χ0) is 21.6. The van der Waals surface area contributed by atoms with Crippen molar-refractivity contribution in [1.82, 2.24) is 15.2 Å². The normalized spacial score (nSPS) is 15.2. The lowest BCUT2D eigenvalue weighted by Gasteiger charge is -2.23. The van der Waals surface area contributed by atoms with E-state index < -0.39 is 5.91 Å². The van der Waals surface area contributed by atoms with E-state index in [1.807, 2.05) is 42.1 Å². The van der Waals surface area contributed by atoms with Gasteiger partial charge in [0, 0.05) is 29.7 Å². The van der Waals surface area contributed by atoms with Crippen molar-refractivity contribution in [3.63, 3.8) is 0 Å². The molecule has 0 atom stereocenters. The molecular weight excluding hydrogens is 396 g/mol. The summed E-state index contributed by atoms with van der Waals surface area (Å²) in [5.41, 5.74) is 2.07. The summed E-state index contributed by atoms with van der Waals surface area (Å²) < 4.78 is 12.5. The molecule has 1 fully saturated rings. The minimum absolute atomic E-state index is 0.148. The molecule has 3 heterocycles. The van der Waals surface area contributed by atoms with Crippen LogP contribution in [-0.4, -0.2) is 55.8 Å². The molecule has 162 valence electrons. The van der Waals surface area contributed by atoms with Gasteiger partial charge in [-0.1, -0.05) is 18.2 Å². The summed E-state index contributed by atoms with van der Waals surface area (Å²) >= 11 is 0. The number of carbonyl (C=O) groups is 2. The Hall–Kier alpha value is -3.36. The predicted octanol–water partition coefficient (Wildman–Crippen LogP) is 0.574. The lowest BCUT2D eigenvalue weighted by molar-refractivity contribution is -0.906. The molecule has 2 aromatic heterocycles. The molecule has 1 aromatic carbocycles. The highest BCUT2D eigenvalue weighted by atomic mass is 16.5. The van der Waals surface area contributed by atoms with Crippen molar-refractivity contribution >= 4 is 28.8 Å². The first-order chi connectivity index (χ1) is 15.1. The second kappa shape index (κ2) is 9.63. The molecule has 8 nitrogen and oxygen atoms in total. The van der Waals surface area contributed by atoms with E-state index in [1.165, 1.54) is 11.2 Å². The van der Waals surface area contributed by atoms with Crippen molar-refractivity contribution in [3.8, 4) is 0 Å². The number of hydrogen-bond donors (Lipinski definition) is 3. The van der Waals surface area contributed by atoms with Gasteiger partial charge in [0.15, 0.2) is 5.76 Å². The molecule has 31 heavy (non-hydrogen) atoms. The average molecular weight is 423 g/mol. The van der Waals surface area contributed by atoms with E-state index in [9.17, 15) is 9.59 Å². The number of amides is 2. The molecule has 1 aliphatic rings. The van der Waals surface area contributed by atoms with Gasteiger partial charge in [-0.25, -0.2) is 0 Å². The van der Waals surface area contributed by atoms with Crippen LogP contribution in [0.1, 0.15) is 16.1 Å². The molecule has 1 saturated heterocycles. The fraction of sp³-hybridized carbons (Fsp3) is 0.304. The fourth-order valence-corrected chi connectivity index (χ4v) is 3.75. The standard InChI is InChI=1S/C23H26N4O4/c1-26-16-17(18-5-2-3-6-20(18)26)15-19(25-23(29)21-7-4-12-31-21)22(28)24-8-9-27-10-13-30-14-11-27/h2-7,12,15-16H,8-11,13-14H2,1H3,(H,24,28)(H,25,29)/p+1/b19-15-. The van der Waals surface area contributed by atoms with Gasteiger partial charge in [-0.3, -0.25) is 9.59 Å². The monoisotopic (exact) mass is 423 g/mol. The van der Waals surface area contributed by atoms with Crippen molar-refractivity contribution in [1.29, 1.82) is 0 Å². The third kappa shape index (κ3) is 5.04. The lowest BCUT2D eigenvalue weighted by atomic mass is 10.1. The van der Waals surface area contributed by atoms with Crippen molar-refractivity contribution in [2.75, 3.05) is 39.4 Å². The molecule has 3 aromatic rings. The molecule has 0 unspecified atom stereocenters. The van der Waals surface area contributed by atoms with Gasteiger partial charge in [0.05, 0.1) is 32.6 Å².